The van der Waals surface area contributed by atoms with Gasteiger partial charge in [0.05, 0.1) is 27.9 Å². The predicted octanol–water partition coefficient (Wildman–Crippen LogP) is 7.47. The van der Waals surface area contributed by atoms with Gasteiger partial charge in [-0.25, -0.2) is 0 Å². The number of fused-ring (bicyclic) bond motifs is 1. The maximum atomic E-state index is 13.3. The van der Waals surface area contributed by atoms with Crippen LogP contribution in [0.1, 0.15) is 22.8 Å². The molecule has 12 heteroatoms. The number of ether oxygens (including phenoxy) is 1. The number of anilines is 1. The van der Waals surface area contributed by atoms with Gasteiger partial charge in [0.15, 0.2) is 5.75 Å². The largest absolute Gasteiger partial charge is 0.505 e. The van der Waals surface area contributed by atoms with Crippen LogP contribution in [0.25, 0.3) is 10.8 Å². The van der Waals surface area contributed by atoms with E-state index >= 15 is 0 Å². The summed E-state index contributed by atoms with van der Waals surface area (Å²) in [7, 11) is -4.63. The maximum absolute atomic E-state index is 13.3. The molecule has 4 aromatic rings. The van der Waals surface area contributed by atoms with E-state index in [-0.39, 0.29) is 38.2 Å². The summed E-state index contributed by atoms with van der Waals surface area (Å²) in [5, 5.41) is 23.2. The quantitative estimate of drug-likeness (QED) is 0.155. The molecule has 0 aliphatic carbocycles. The maximum Gasteiger partial charge on any atom is 0.296 e. The molecular weight excluding hydrogens is 553 g/mol. The van der Waals surface area contributed by atoms with Crippen LogP contribution in [0.4, 0.5) is 17.1 Å². The lowest BCUT2D eigenvalue weighted by Crippen LogP contribution is -2.14. The Hall–Kier alpha value is -3.70. The van der Waals surface area contributed by atoms with Gasteiger partial charge in [0.25, 0.3) is 16.0 Å². The summed E-state index contributed by atoms with van der Waals surface area (Å²) in [5.74, 6) is -0.770. The highest BCUT2D eigenvalue weighted by molar-refractivity contribution is 7.86. The molecule has 0 unspecified atom stereocenters. The SMILES string of the molecule is CCOc1cccc(Cl)c1NC(=O)c1cc2ccccc2c(N=Nc2ccc(Cl)c(S(=O)(=O)O)c2C)c1O. The molecule has 0 aromatic heterocycles. The summed E-state index contributed by atoms with van der Waals surface area (Å²) in [6.07, 6.45) is 0. The van der Waals surface area contributed by atoms with Crippen molar-refractivity contribution in [1.29, 1.82) is 0 Å². The average molecular weight is 574 g/mol. The average Bonchev–Trinajstić information content (AvgIpc) is 2.85. The number of phenolic OH excluding ortho intramolecular Hbond substituents is 1. The van der Waals surface area contributed by atoms with Crippen molar-refractivity contribution in [2.45, 2.75) is 18.7 Å². The first-order chi connectivity index (χ1) is 18.0. The van der Waals surface area contributed by atoms with Gasteiger partial charge in [-0.1, -0.05) is 53.5 Å². The molecule has 0 aliphatic heterocycles. The van der Waals surface area contributed by atoms with Crippen molar-refractivity contribution in [2.24, 2.45) is 10.2 Å². The Bertz CT molecular complexity index is 1710. The van der Waals surface area contributed by atoms with E-state index in [1.54, 1.807) is 49.4 Å². The van der Waals surface area contributed by atoms with Gasteiger partial charge in [0.1, 0.15) is 22.0 Å². The van der Waals surface area contributed by atoms with E-state index < -0.39 is 26.7 Å². The van der Waals surface area contributed by atoms with Gasteiger partial charge in [-0.15, -0.1) is 5.11 Å². The number of para-hydroxylation sites is 1. The van der Waals surface area contributed by atoms with Crippen molar-refractivity contribution in [3.8, 4) is 11.5 Å². The van der Waals surface area contributed by atoms with E-state index in [4.69, 9.17) is 27.9 Å². The number of amides is 1. The second-order valence-electron chi connectivity index (χ2n) is 8.04. The van der Waals surface area contributed by atoms with Crippen LogP contribution < -0.4 is 10.1 Å². The van der Waals surface area contributed by atoms with Gasteiger partial charge in [-0.05, 0) is 55.1 Å². The Labute approximate surface area is 228 Å². The molecule has 4 rings (SSSR count). The van der Waals surface area contributed by atoms with Crippen LogP contribution in [0.3, 0.4) is 0 Å². The Morgan fingerprint density at radius 3 is 2.47 bits per heavy atom. The molecule has 0 heterocycles. The first kappa shape index (κ1) is 27.3. The number of nitrogens with one attached hydrogen (secondary N) is 1. The molecule has 196 valence electrons. The molecule has 0 saturated carbocycles. The molecule has 0 spiro atoms. The Kier molecular flexibility index (Phi) is 7.89. The first-order valence-electron chi connectivity index (χ1n) is 11.2. The molecule has 0 fully saturated rings. The minimum atomic E-state index is -4.63. The standard InChI is InChI=1S/C26H21Cl2N3O6S/c1-3-37-21-10-6-9-18(27)23(21)29-26(33)17-13-15-7-4-5-8-16(15)22(24(17)32)31-30-20-12-11-19(28)25(14(20)2)38(34,35)36/h4-13,32H,3H2,1-2H3,(H,29,33)(H,34,35,36). The van der Waals surface area contributed by atoms with Crippen molar-refractivity contribution in [3.05, 3.63) is 81.8 Å². The molecule has 0 atom stereocenters. The van der Waals surface area contributed by atoms with Crippen LogP contribution in [0, 0.1) is 6.92 Å². The predicted molar refractivity (Wildman–Crippen MR) is 146 cm³/mol. The van der Waals surface area contributed by atoms with Crippen LogP contribution in [-0.2, 0) is 10.1 Å². The molecule has 9 nitrogen and oxygen atoms in total. The number of rotatable bonds is 7. The molecular formula is C26H21Cl2N3O6S. The molecule has 0 saturated heterocycles. The van der Waals surface area contributed by atoms with E-state index in [1.807, 2.05) is 0 Å². The minimum absolute atomic E-state index is 0.0276. The number of hydrogen-bond acceptors (Lipinski definition) is 7. The van der Waals surface area contributed by atoms with Crippen LogP contribution in [0.15, 0.2) is 75.8 Å². The lowest BCUT2D eigenvalue weighted by Gasteiger charge is -2.15. The van der Waals surface area contributed by atoms with E-state index in [0.717, 1.165) is 0 Å². The van der Waals surface area contributed by atoms with Crippen molar-refractivity contribution in [1.82, 2.24) is 0 Å². The highest BCUT2D eigenvalue weighted by Gasteiger charge is 2.22. The Balaban J connectivity index is 1.82. The number of benzene rings is 4. The second-order valence-corrected chi connectivity index (χ2v) is 10.2. The van der Waals surface area contributed by atoms with E-state index in [9.17, 15) is 22.9 Å². The summed E-state index contributed by atoms with van der Waals surface area (Å²) in [6, 6.07) is 16.0. The third-order valence-electron chi connectivity index (χ3n) is 5.60. The van der Waals surface area contributed by atoms with Crippen LogP contribution in [-0.4, -0.2) is 30.6 Å². The summed E-state index contributed by atoms with van der Waals surface area (Å²) in [5.41, 5.74) is 0.249. The van der Waals surface area contributed by atoms with Crippen molar-refractivity contribution in [3.63, 3.8) is 0 Å². The number of nitrogens with zero attached hydrogens (tertiary/aromatic N) is 2. The number of phenols is 1. The highest BCUT2D eigenvalue weighted by Crippen LogP contribution is 2.41. The third kappa shape index (κ3) is 5.44. The summed E-state index contributed by atoms with van der Waals surface area (Å²) >= 11 is 12.2. The number of carbonyl (C=O) groups is 1. The Morgan fingerprint density at radius 2 is 1.76 bits per heavy atom. The fourth-order valence-corrected chi connectivity index (χ4v) is 5.37. The van der Waals surface area contributed by atoms with Crippen LogP contribution in [0.2, 0.25) is 10.0 Å². The first-order valence-corrected chi connectivity index (χ1v) is 13.4. The lowest BCUT2D eigenvalue weighted by molar-refractivity contribution is 0.102. The van der Waals surface area contributed by atoms with Crippen LogP contribution >= 0.6 is 23.2 Å². The van der Waals surface area contributed by atoms with E-state index in [0.29, 0.717) is 23.1 Å². The number of hydrogen-bond donors (Lipinski definition) is 3. The number of carbonyl (C=O) groups excluding carboxylic acids is 1. The van der Waals surface area contributed by atoms with Gasteiger partial charge in [0.2, 0.25) is 0 Å². The third-order valence-corrected chi connectivity index (χ3v) is 7.38. The molecule has 0 aliphatic rings. The molecule has 0 radical (unpaired) electrons. The monoisotopic (exact) mass is 573 g/mol. The fourth-order valence-electron chi connectivity index (χ4n) is 3.85. The Morgan fingerprint density at radius 1 is 1.03 bits per heavy atom. The van der Waals surface area contributed by atoms with Crippen molar-refractivity contribution >= 4 is 67.1 Å². The smallest absolute Gasteiger partial charge is 0.296 e. The van der Waals surface area contributed by atoms with Gasteiger partial charge in [0, 0.05) is 5.39 Å². The van der Waals surface area contributed by atoms with Crippen molar-refractivity contribution < 1.29 is 27.6 Å². The number of azo groups is 1. The molecule has 1 amide bonds. The molecule has 4 aromatic carbocycles. The van der Waals surface area contributed by atoms with Gasteiger partial charge in [-0.2, -0.15) is 13.5 Å². The fraction of sp³-hybridized carbons (Fsp3) is 0.115. The summed E-state index contributed by atoms with van der Waals surface area (Å²) in [6.45, 7) is 3.55. The normalized spacial score (nSPS) is 11.7. The molecule has 0 bridgehead atoms. The van der Waals surface area contributed by atoms with E-state index in [2.05, 4.69) is 15.5 Å². The number of aromatic hydroxyl groups is 1. The van der Waals surface area contributed by atoms with Crippen molar-refractivity contribution in [2.75, 3.05) is 11.9 Å². The zero-order valence-corrected chi connectivity index (χ0v) is 22.4. The minimum Gasteiger partial charge on any atom is -0.505 e. The van der Waals surface area contributed by atoms with Crippen LogP contribution in [0.5, 0.6) is 11.5 Å². The molecule has 38 heavy (non-hydrogen) atoms. The lowest BCUT2D eigenvalue weighted by atomic mass is 10.0. The number of halogens is 2. The summed E-state index contributed by atoms with van der Waals surface area (Å²) in [4.78, 5) is 12.8. The molecule has 3 N–H and O–H groups in total. The topological polar surface area (TPSA) is 138 Å². The zero-order valence-electron chi connectivity index (χ0n) is 20.1. The highest BCUT2D eigenvalue weighted by atomic mass is 35.5. The van der Waals surface area contributed by atoms with Gasteiger partial charge >= 0.3 is 0 Å². The van der Waals surface area contributed by atoms with E-state index in [1.165, 1.54) is 25.1 Å². The summed E-state index contributed by atoms with van der Waals surface area (Å²) < 4.78 is 38.7. The second kappa shape index (κ2) is 11.0. The zero-order chi connectivity index (χ0) is 27.6. The van der Waals surface area contributed by atoms with Gasteiger partial charge in [-0.3, -0.25) is 9.35 Å². The van der Waals surface area contributed by atoms with Gasteiger partial charge < -0.3 is 15.2 Å².